The van der Waals surface area contributed by atoms with Gasteiger partial charge in [0.2, 0.25) is 5.91 Å². The topological polar surface area (TPSA) is 121 Å². The molecule has 4 rings (SSSR count). The summed E-state index contributed by atoms with van der Waals surface area (Å²) in [5.74, 6) is -1.03. The van der Waals surface area contributed by atoms with Gasteiger partial charge in [0.1, 0.15) is 5.82 Å². The minimum Gasteiger partial charge on any atom is -0.393 e. The van der Waals surface area contributed by atoms with E-state index in [0.717, 1.165) is 33.8 Å². The Kier molecular flexibility index (Phi) is 9.94. The molecule has 1 unspecified atom stereocenters. The van der Waals surface area contributed by atoms with Crippen molar-refractivity contribution in [2.75, 3.05) is 5.32 Å². The number of halogens is 1. The second-order valence-corrected chi connectivity index (χ2v) is 10.6. The number of hydrogen-bond acceptors (Lipinski definition) is 5. The van der Waals surface area contributed by atoms with E-state index in [-0.39, 0.29) is 31.0 Å². The molecule has 0 aliphatic heterocycles. The van der Waals surface area contributed by atoms with Gasteiger partial charge in [0.05, 0.1) is 24.3 Å². The maximum atomic E-state index is 14.0. The quantitative estimate of drug-likeness (QED) is 0.137. The zero-order valence-corrected chi connectivity index (χ0v) is 23.4. The molecule has 0 aliphatic carbocycles. The molecule has 216 valence electrons. The highest BCUT2D eigenvalue weighted by Gasteiger charge is 2.30. The van der Waals surface area contributed by atoms with Crippen LogP contribution in [-0.4, -0.2) is 38.0 Å². The van der Waals surface area contributed by atoms with E-state index in [2.05, 4.69) is 9.88 Å². The number of nitrogens with two attached hydrogens (primary N) is 1. The van der Waals surface area contributed by atoms with E-state index in [1.165, 1.54) is 12.1 Å². The Hall–Kier alpha value is -3.98. The van der Waals surface area contributed by atoms with Crippen LogP contribution in [0.1, 0.15) is 56.5 Å². The van der Waals surface area contributed by atoms with Crippen molar-refractivity contribution in [3.63, 3.8) is 0 Å². The molecule has 4 aromatic rings. The van der Waals surface area contributed by atoms with Crippen LogP contribution in [0.4, 0.5) is 10.1 Å². The number of rotatable bonds is 13. The Morgan fingerprint density at radius 3 is 2.07 bits per heavy atom. The van der Waals surface area contributed by atoms with Crippen molar-refractivity contribution in [2.45, 2.75) is 64.0 Å². The van der Waals surface area contributed by atoms with E-state index in [1.807, 2.05) is 74.5 Å². The molecule has 8 heteroatoms. The standard InChI is InChI=1S/C33H38FN3O4/c1-21(2)31-30(33(41)36-25-11-7-4-8-12-25)29(22-9-5-3-6-10-22)32(23-13-15-24(34)16-14-23)37(31)18-17-26(38)19-27(39)20-28(35)40/h3-16,21,26-27,33,36,38-39,41H,17-20H2,1-2H3,(H2,35,40)/t26-,27-,33?/m1/s1. The van der Waals surface area contributed by atoms with E-state index in [0.29, 0.717) is 12.1 Å². The summed E-state index contributed by atoms with van der Waals surface area (Å²) < 4.78 is 16.1. The second-order valence-electron chi connectivity index (χ2n) is 10.6. The fraction of sp³-hybridized carbons (Fsp3) is 0.303. The minimum atomic E-state index is -1.08. The third-order valence-corrected chi connectivity index (χ3v) is 7.09. The molecule has 1 amide bonds. The predicted octanol–water partition coefficient (Wildman–Crippen LogP) is 5.57. The van der Waals surface area contributed by atoms with Gasteiger partial charge in [-0.1, -0.05) is 62.4 Å². The summed E-state index contributed by atoms with van der Waals surface area (Å²) in [6.07, 6.45) is -2.96. The van der Waals surface area contributed by atoms with Crippen molar-refractivity contribution in [3.05, 3.63) is 102 Å². The van der Waals surface area contributed by atoms with Crippen LogP contribution in [-0.2, 0) is 11.3 Å². The SMILES string of the molecule is CC(C)c1c(C(O)Nc2ccccc2)c(-c2ccccc2)c(-c2ccc(F)cc2)n1CC[C@@H](O)C[C@@H](O)CC(N)=O. The van der Waals surface area contributed by atoms with Gasteiger partial charge in [-0.25, -0.2) is 4.39 Å². The number of hydrogen-bond donors (Lipinski definition) is 5. The molecule has 0 radical (unpaired) electrons. The number of nitrogens with zero attached hydrogens (tertiary/aromatic N) is 1. The normalized spacial score (nSPS) is 13.6. The maximum absolute atomic E-state index is 14.0. The minimum absolute atomic E-state index is 0.00366. The van der Waals surface area contributed by atoms with E-state index >= 15 is 0 Å². The van der Waals surface area contributed by atoms with Gasteiger partial charge in [-0.05, 0) is 66.3 Å². The molecule has 3 atom stereocenters. The molecule has 0 bridgehead atoms. The van der Waals surface area contributed by atoms with Gasteiger partial charge in [-0.3, -0.25) is 4.79 Å². The summed E-state index contributed by atoms with van der Waals surface area (Å²) in [4.78, 5) is 11.2. The number of amides is 1. The number of para-hydroxylation sites is 1. The smallest absolute Gasteiger partial charge is 0.220 e. The molecule has 41 heavy (non-hydrogen) atoms. The lowest BCUT2D eigenvalue weighted by atomic mass is 9.94. The number of nitrogens with one attached hydrogen (secondary N) is 1. The lowest BCUT2D eigenvalue weighted by molar-refractivity contribution is -0.120. The molecular weight excluding hydrogens is 521 g/mol. The van der Waals surface area contributed by atoms with Crippen molar-refractivity contribution < 1.29 is 24.5 Å². The number of primary amides is 1. The first-order chi connectivity index (χ1) is 19.7. The molecule has 3 aromatic carbocycles. The van der Waals surface area contributed by atoms with Crippen molar-refractivity contribution >= 4 is 11.6 Å². The lowest BCUT2D eigenvalue weighted by Crippen LogP contribution is -2.25. The first-order valence-electron chi connectivity index (χ1n) is 13.9. The van der Waals surface area contributed by atoms with Crippen LogP contribution in [0.3, 0.4) is 0 Å². The number of carbonyl (C=O) groups excluding carboxylic acids is 1. The molecule has 0 fully saturated rings. The summed E-state index contributed by atoms with van der Waals surface area (Å²) in [6.45, 7) is 4.43. The third kappa shape index (κ3) is 7.41. The summed E-state index contributed by atoms with van der Waals surface area (Å²) in [5, 5.41) is 35.9. The van der Waals surface area contributed by atoms with Gasteiger partial charge >= 0.3 is 0 Å². The molecule has 1 aromatic heterocycles. The molecule has 0 spiro atoms. The average Bonchev–Trinajstić information content (AvgIpc) is 3.28. The number of benzene rings is 3. The van der Waals surface area contributed by atoms with Crippen LogP contribution < -0.4 is 11.1 Å². The van der Waals surface area contributed by atoms with Crippen LogP contribution in [0.5, 0.6) is 0 Å². The van der Waals surface area contributed by atoms with Crippen LogP contribution in [0.2, 0.25) is 0 Å². The summed E-state index contributed by atoms with van der Waals surface area (Å²) in [7, 11) is 0. The number of carbonyl (C=O) groups is 1. The summed E-state index contributed by atoms with van der Waals surface area (Å²) in [5.41, 5.74) is 10.7. The Balaban J connectivity index is 1.88. The molecule has 6 N–H and O–H groups in total. The van der Waals surface area contributed by atoms with E-state index in [1.54, 1.807) is 12.1 Å². The Labute approximate surface area is 240 Å². The molecule has 0 saturated heterocycles. The lowest BCUT2D eigenvalue weighted by Gasteiger charge is -2.21. The van der Waals surface area contributed by atoms with E-state index in [9.17, 15) is 24.5 Å². The Morgan fingerprint density at radius 2 is 1.49 bits per heavy atom. The fourth-order valence-electron chi connectivity index (χ4n) is 5.38. The van der Waals surface area contributed by atoms with Gasteiger partial charge in [-0.2, -0.15) is 0 Å². The van der Waals surface area contributed by atoms with Crippen molar-refractivity contribution in [1.29, 1.82) is 0 Å². The monoisotopic (exact) mass is 559 g/mol. The van der Waals surface area contributed by atoms with Crippen LogP contribution in [0.15, 0.2) is 84.9 Å². The van der Waals surface area contributed by atoms with Crippen molar-refractivity contribution in [3.8, 4) is 22.4 Å². The molecule has 1 heterocycles. The number of aromatic nitrogens is 1. The first kappa shape index (κ1) is 30.0. The van der Waals surface area contributed by atoms with Gasteiger partial charge in [0, 0.05) is 29.1 Å². The van der Waals surface area contributed by atoms with Crippen LogP contribution in [0.25, 0.3) is 22.4 Å². The third-order valence-electron chi connectivity index (χ3n) is 7.09. The van der Waals surface area contributed by atoms with Crippen molar-refractivity contribution in [2.24, 2.45) is 5.73 Å². The molecular formula is C33H38FN3O4. The molecule has 7 nitrogen and oxygen atoms in total. The van der Waals surface area contributed by atoms with E-state index < -0.39 is 24.3 Å². The highest BCUT2D eigenvalue weighted by molar-refractivity contribution is 5.86. The maximum Gasteiger partial charge on any atom is 0.220 e. The largest absolute Gasteiger partial charge is 0.393 e. The zero-order chi connectivity index (χ0) is 29.5. The number of aliphatic hydroxyl groups is 3. The highest BCUT2D eigenvalue weighted by Crippen LogP contribution is 2.45. The Morgan fingerprint density at radius 1 is 0.878 bits per heavy atom. The van der Waals surface area contributed by atoms with Crippen LogP contribution in [0, 0.1) is 5.82 Å². The van der Waals surface area contributed by atoms with Crippen LogP contribution >= 0.6 is 0 Å². The van der Waals surface area contributed by atoms with Gasteiger partial charge in [0.25, 0.3) is 0 Å². The summed E-state index contributed by atoms with van der Waals surface area (Å²) in [6, 6.07) is 25.4. The van der Waals surface area contributed by atoms with Crippen molar-refractivity contribution in [1.82, 2.24) is 4.57 Å². The highest BCUT2D eigenvalue weighted by atomic mass is 19.1. The molecule has 0 aliphatic rings. The van der Waals surface area contributed by atoms with Gasteiger partial charge < -0.3 is 30.9 Å². The molecule has 0 saturated carbocycles. The van der Waals surface area contributed by atoms with Gasteiger partial charge in [0.15, 0.2) is 6.23 Å². The van der Waals surface area contributed by atoms with Gasteiger partial charge in [-0.15, -0.1) is 0 Å². The number of aliphatic hydroxyl groups excluding tert-OH is 3. The predicted molar refractivity (Wildman–Crippen MR) is 159 cm³/mol. The number of anilines is 1. The van der Waals surface area contributed by atoms with E-state index in [4.69, 9.17) is 5.73 Å². The fourth-order valence-corrected chi connectivity index (χ4v) is 5.38. The summed E-state index contributed by atoms with van der Waals surface area (Å²) >= 11 is 0. The second kappa shape index (κ2) is 13.6. The first-order valence-corrected chi connectivity index (χ1v) is 13.9. The zero-order valence-electron chi connectivity index (χ0n) is 23.4. The average molecular weight is 560 g/mol. The Bertz CT molecular complexity index is 1420.